The Labute approximate surface area is 110 Å². The molecule has 0 unspecified atom stereocenters. The molecule has 0 aromatic heterocycles. The van der Waals surface area contributed by atoms with Gasteiger partial charge in [0, 0.05) is 12.4 Å². The van der Waals surface area contributed by atoms with E-state index in [2.05, 4.69) is 0 Å². The van der Waals surface area contributed by atoms with Crippen LogP contribution >= 0.6 is 24.0 Å². The number of nitrogens with zero attached hydrogens (tertiary/aromatic N) is 1. The highest BCUT2D eigenvalue weighted by Gasteiger charge is 2.28. The molecule has 1 rings (SSSR count). The number of alkyl halides is 4. The highest BCUT2D eigenvalue weighted by Crippen LogP contribution is 2.17. The molecular weight excluding hydrogens is 274 g/mol. The predicted octanol–water partition coefficient (Wildman–Crippen LogP) is 3.84. The van der Waals surface area contributed by atoms with E-state index in [-0.39, 0.29) is 19.0 Å². The zero-order valence-corrected chi connectivity index (χ0v) is 10.9. The van der Waals surface area contributed by atoms with Gasteiger partial charge in [0.05, 0.1) is 6.54 Å². The predicted molar refractivity (Wildman–Crippen MR) is 65.6 cm³/mol. The van der Waals surface area contributed by atoms with Gasteiger partial charge in [-0.25, -0.2) is 0 Å². The maximum atomic E-state index is 12.1. The Hall–Kier alpha value is -0.450. The molecule has 0 bridgehead atoms. The number of hydrogen-bond donors (Lipinski definition) is 0. The summed E-state index contributed by atoms with van der Waals surface area (Å²) >= 11 is 5.61. The van der Waals surface area contributed by atoms with E-state index in [1.54, 1.807) is 12.1 Å². The van der Waals surface area contributed by atoms with Crippen molar-refractivity contribution in [1.82, 2.24) is 4.90 Å². The van der Waals surface area contributed by atoms with E-state index in [1.807, 2.05) is 12.1 Å². The lowest BCUT2D eigenvalue weighted by atomic mass is 10.1. The van der Waals surface area contributed by atoms with E-state index >= 15 is 0 Å². The smallest absolute Gasteiger partial charge is 0.294 e. The summed E-state index contributed by atoms with van der Waals surface area (Å²) in [6, 6.07) is 7.24. The van der Waals surface area contributed by atoms with Crippen LogP contribution in [0, 0.1) is 0 Å². The summed E-state index contributed by atoms with van der Waals surface area (Å²) in [5.41, 5.74) is 1.81. The molecule has 0 aliphatic carbocycles. The normalized spacial score (nSPS) is 11.4. The van der Waals surface area contributed by atoms with Crippen LogP contribution in [0.3, 0.4) is 0 Å². The molecule has 0 aliphatic heterocycles. The van der Waals surface area contributed by atoms with Crippen molar-refractivity contribution < 1.29 is 13.2 Å². The van der Waals surface area contributed by atoms with E-state index in [9.17, 15) is 13.2 Å². The average Bonchev–Trinajstić information content (AvgIpc) is 2.16. The molecule has 0 saturated heterocycles. The van der Waals surface area contributed by atoms with Gasteiger partial charge in [0.15, 0.2) is 0 Å². The van der Waals surface area contributed by atoms with Gasteiger partial charge < -0.3 is 0 Å². The standard InChI is InChI=1S/C11H13ClF3N.ClH/c1-16(8-11(13,14)15)7-10-4-2-9(6-12)3-5-10;/h2-5H,6-8H2,1H3;1H. The zero-order valence-electron chi connectivity index (χ0n) is 9.30. The summed E-state index contributed by atoms with van der Waals surface area (Å²) in [4.78, 5) is 1.23. The molecule has 0 atom stereocenters. The first kappa shape index (κ1) is 16.6. The molecular formula is C11H14Cl2F3N. The fourth-order valence-corrected chi connectivity index (χ4v) is 1.59. The van der Waals surface area contributed by atoms with Crippen LogP contribution < -0.4 is 0 Å². The van der Waals surface area contributed by atoms with Crippen molar-refractivity contribution >= 4 is 24.0 Å². The largest absolute Gasteiger partial charge is 0.401 e. The molecule has 0 radical (unpaired) electrons. The molecule has 0 aliphatic rings. The Kier molecular flexibility index (Phi) is 6.90. The topological polar surface area (TPSA) is 3.24 Å². The lowest BCUT2D eigenvalue weighted by Crippen LogP contribution is -2.30. The molecule has 0 spiro atoms. The number of hydrogen-bond acceptors (Lipinski definition) is 1. The summed E-state index contributed by atoms with van der Waals surface area (Å²) in [6.07, 6.45) is -4.15. The first-order valence-corrected chi connectivity index (χ1v) is 5.33. The van der Waals surface area contributed by atoms with Gasteiger partial charge in [-0.3, -0.25) is 4.90 Å². The fraction of sp³-hybridized carbons (Fsp3) is 0.455. The van der Waals surface area contributed by atoms with Crippen molar-refractivity contribution in [2.24, 2.45) is 0 Å². The van der Waals surface area contributed by atoms with Gasteiger partial charge >= 0.3 is 6.18 Å². The third-order valence-electron chi connectivity index (χ3n) is 2.08. The Bertz CT molecular complexity index is 324. The van der Waals surface area contributed by atoms with Crippen LogP contribution in [0.25, 0.3) is 0 Å². The van der Waals surface area contributed by atoms with E-state index in [0.717, 1.165) is 11.1 Å². The van der Waals surface area contributed by atoms with Crippen LogP contribution in [0.4, 0.5) is 13.2 Å². The minimum atomic E-state index is -4.15. The molecule has 0 heterocycles. The van der Waals surface area contributed by atoms with Crippen LogP contribution in [0.2, 0.25) is 0 Å². The fourth-order valence-electron chi connectivity index (χ4n) is 1.41. The van der Waals surface area contributed by atoms with Crippen LogP contribution in [0.15, 0.2) is 24.3 Å². The second-order valence-corrected chi connectivity index (χ2v) is 4.00. The number of halogens is 5. The van der Waals surface area contributed by atoms with Gasteiger partial charge in [-0.1, -0.05) is 24.3 Å². The molecule has 17 heavy (non-hydrogen) atoms. The van der Waals surface area contributed by atoms with Gasteiger partial charge in [0.1, 0.15) is 0 Å². The van der Waals surface area contributed by atoms with Crippen LogP contribution in [0.5, 0.6) is 0 Å². The molecule has 0 N–H and O–H groups in total. The van der Waals surface area contributed by atoms with Crippen LogP contribution in [-0.2, 0) is 12.4 Å². The van der Waals surface area contributed by atoms with Gasteiger partial charge in [-0.15, -0.1) is 24.0 Å². The number of benzene rings is 1. The second kappa shape index (κ2) is 7.09. The van der Waals surface area contributed by atoms with Crippen molar-refractivity contribution in [2.75, 3.05) is 13.6 Å². The first-order chi connectivity index (χ1) is 7.40. The number of rotatable bonds is 4. The summed E-state index contributed by atoms with van der Waals surface area (Å²) in [6.45, 7) is -0.619. The zero-order chi connectivity index (χ0) is 12.2. The van der Waals surface area contributed by atoms with E-state index in [1.165, 1.54) is 11.9 Å². The van der Waals surface area contributed by atoms with Crippen molar-refractivity contribution in [1.29, 1.82) is 0 Å². The lowest BCUT2D eigenvalue weighted by Gasteiger charge is -2.18. The first-order valence-electron chi connectivity index (χ1n) is 4.80. The lowest BCUT2D eigenvalue weighted by molar-refractivity contribution is -0.144. The highest BCUT2D eigenvalue weighted by molar-refractivity contribution is 6.17. The maximum absolute atomic E-state index is 12.1. The van der Waals surface area contributed by atoms with Crippen molar-refractivity contribution in [2.45, 2.75) is 18.6 Å². The summed E-state index contributed by atoms with van der Waals surface area (Å²) in [5, 5.41) is 0. The monoisotopic (exact) mass is 287 g/mol. The third-order valence-corrected chi connectivity index (χ3v) is 2.39. The third kappa shape index (κ3) is 6.76. The minimum absolute atomic E-state index is 0. The van der Waals surface area contributed by atoms with Crippen molar-refractivity contribution in [3.8, 4) is 0 Å². The highest BCUT2D eigenvalue weighted by atomic mass is 35.5. The van der Waals surface area contributed by atoms with E-state index in [0.29, 0.717) is 5.88 Å². The van der Waals surface area contributed by atoms with Gasteiger partial charge in [0.2, 0.25) is 0 Å². The molecule has 0 saturated carbocycles. The Morgan fingerprint density at radius 3 is 2.00 bits per heavy atom. The van der Waals surface area contributed by atoms with E-state index in [4.69, 9.17) is 11.6 Å². The summed E-state index contributed by atoms with van der Waals surface area (Å²) < 4.78 is 36.2. The average molecular weight is 288 g/mol. The molecule has 6 heteroatoms. The Morgan fingerprint density at radius 2 is 1.59 bits per heavy atom. The minimum Gasteiger partial charge on any atom is -0.294 e. The molecule has 98 valence electrons. The molecule has 1 nitrogen and oxygen atoms in total. The Morgan fingerprint density at radius 1 is 1.12 bits per heavy atom. The summed E-state index contributed by atoms with van der Waals surface area (Å²) in [5.74, 6) is 0.415. The molecule has 1 aromatic carbocycles. The van der Waals surface area contributed by atoms with Gasteiger partial charge in [-0.2, -0.15) is 13.2 Å². The maximum Gasteiger partial charge on any atom is 0.401 e. The molecule has 0 amide bonds. The second-order valence-electron chi connectivity index (χ2n) is 3.74. The van der Waals surface area contributed by atoms with E-state index < -0.39 is 12.7 Å². The Balaban J connectivity index is 0.00000256. The van der Waals surface area contributed by atoms with Crippen molar-refractivity contribution in [3.05, 3.63) is 35.4 Å². The van der Waals surface area contributed by atoms with Crippen LogP contribution in [-0.4, -0.2) is 24.7 Å². The SMILES string of the molecule is CN(Cc1ccc(CCl)cc1)CC(F)(F)F.Cl. The van der Waals surface area contributed by atoms with Crippen LogP contribution in [0.1, 0.15) is 11.1 Å². The summed E-state index contributed by atoms with van der Waals surface area (Å²) in [7, 11) is 1.45. The van der Waals surface area contributed by atoms with Gasteiger partial charge in [0.25, 0.3) is 0 Å². The molecule has 1 aromatic rings. The quantitative estimate of drug-likeness (QED) is 0.761. The van der Waals surface area contributed by atoms with Crippen molar-refractivity contribution in [3.63, 3.8) is 0 Å². The molecule has 0 fully saturated rings. The van der Waals surface area contributed by atoms with Gasteiger partial charge in [-0.05, 0) is 18.2 Å².